The van der Waals surface area contributed by atoms with Crippen LogP contribution in [0.1, 0.15) is 47.0 Å². The van der Waals surface area contributed by atoms with Gasteiger partial charge in [-0.2, -0.15) is 0 Å². The predicted molar refractivity (Wildman–Crippen MR) is 58.8 cm³/mol. The fourth-order valence-electron chi connectivity index (χ4n) is 1.58. The van der Waals surface area contributed by atoms with Gasteiger partial charge in [-0.15, -0.1) is 0 Å². The Labute approximate surface area is 82.2 Å². The van der Waals surface area contributed by atoms with Gasteiger partial charge in [0.25, 0.3) is 0 Å². The Morgan fingerprint density at radius 1 is 1.23 bits per heavy atom. The molecule has 0 aliphatic heterocycles. The maximum atomic E-state index is 9.21. The second kappa shape index (κ2) is 6.76. The van der Waals surface area contributed by atoms with Crippen LogP contribution in [0.2, 0.25) is 0 Å². The highest BCUT2D eigenvalue weighted by Gasteiger charge is 2.07. The molecule has 0 aliphatic carbocycles. The Hall–Kier alpha value is -0.720. The van der Waals surface area contributed by atoms with E-state index in [0.717, 1.165) is 19.3 Å². The van der Waals surface area contributed by atoms with E-state index in [9.17, 15) is 5.11 Å². The number of hydrogen-bond acceptors (Lipinski definition) is 1. The highest BCUT2D eigenvalue weighted by atomic mass is 16.3. The molecule has 13 heavy (non-hydrogen) atoms. The van der Waals surface area contributed by atoms with Crippen molar-refractivity contribution in [2.45, 2.75) is 47.0 Å². The highest BCUT2D eigenvalue weighted by molar-refractivity contribution is 5.22. The van der Waals surface area contributed by atoms with Crippen LogP contribution < -0.4 is 0 Å². The molecule has 0 aromatic rings. The van der Waals surface area contributed by atoms with Gasteiger partial charge in [0.2, 0.25) is 0 Å². The Morgan fingerprint density at radius 2 is 1.77 bits per heavy atom. The monoisotopic (exact) mass is 182 g/mol. The van der Waals surface area contributed by atoms with Crippen LogP contribution in [0.4, 0.5) is 0 Å². The molecule has 0 saturated carbocycles. The van der Waals surface area contributed by atoms with Gasteiger partial charge in [0.05, 0.1) is 5.76 Å². The molecule has 0 bridgehead atoms. The largest absolute Gasteiger partial charge is 0.513 e. The molecule has 1 nitrogen and oxygen atoms in total. The van der Waals surface area contributed by atoms with E-state index in [1.807, 2.05) is 6.08 Å². The molecule has 1 N–H and O–H groups in total. The first kappa shape index (κ1) is 12.3. The number of allylic oxidation sites excluding steroid dienone is 4. The van der Waals surface area contributed by atoms with Gasteiger partial charge in [0.15, 0.2) is 0 Å². The molecule has 1 heteroatoms. The van der Waals surface area contributed by atoms with Gasteiger partial charge < -0.3 is 5.11 Å². The van der Waals surface area contributed by atoms with Crippen LogP contribution in [0.25, 0.3) is 0 Å². The van der Waals surface area contributed by atoms with Gasteiger partial charge in [0.1, 0.15) is 0 Å². The van der Waals surface area contributed by atoms with Gasteiger partial charge in [-0.3, -0.25) is 0 Å². The lowest BCUT2D eigenvalue weighted by molar-refractivity contribution is 0.412. The molecular formula is C12H22O. The molecule has 0 unspecified atom stereocenters. The minimum Gasteiger partial charge on any atom is -0.513 e. The van der Waals surface area contributed by atoms with Crippen LogP contribution in [0, 0.1) is 5.92 Å². The fraction of sp³-hybridized carbons (Fsp3) is 0.667. The first-order valence-corrected chi connectivity index (χ1v) is 5.22. The number of rotatable bonds is 5. The van der Waals surface area contributed by atoms with E-state index in [4.69, 9.17) is 0 Å². The maximum absolute atomic E-state index is 9.21. The zero-order valence-corrected chi connectivity index (χ0v) is 9.30. The van der Waals surface area contributed by atoms with Crippen molar-refractivity contribution >= 4 is 0 Å². The van der Waals surface area contributed by atoms with Gasteiger partial charge in [-0.05, 0) is 43.8 Å². The molecule has 0 heterocycles. The Bertz CT molecular complexity index is 181. The second-order valence-electron chi connectivity index (χ2n) is 3.41. The number of aliphatic hydroxyl groups is 1. The van der Waals surface area contributed by atoms with Crippen molar-refractivity contribution in [3.63, 3.8) is 0 Å². The van der Waals surface area contributed by atoms with E-state index in [0.29, 0.717) is 11.7 Å². The lowest BCUT2D eigenvalue weighted by Gasteiger charge is -2.14. The summed E-state index contributed by atoms with van der Waals surface area (Å²) < 4.78 is 0. The topological polar surface area (TPSA) is 20.2 Å². The molecule has 76 valence electrons. The Morgan fingerprint density at radius 3 is 2.08 bits per heavy atom. The third kappa shape index (κ3) is 4.76. The van der Waals surface area contributed by atoms with Crippen LogP contribution in [0.5, 0.6) is 0 Å². The normalized spacial score (nSPS) is 13.9. The summed E-state index contributed by atoms with van der Waals surface area (Å²) in [5.74, 6) is 1.01. The molecular weight excluding hydrogens is 160 g/mol. The standard InChI is InChI=1S/C12H22O/c1-5-8-12(9-10(4)13)11(6-2)7-3/h8-9,11,13H,5-7H2,1-4H3/b10-9+,12-8+. The summed E-state index contributed by atoms with van der Waals surface area (Å²) in [4.78, 5) is 0. The van der Waals surface area contributed by atoms with Crippen molar-refractivity contribution in [2.75, 3.05) is 0 Å². The Balaban J connectivity index is 4.59. The SMILES string of the molecule is CC/C=C(\C=C(/C)O)C(CC)CC. The molecule has 0 atom stereocenters. The maximum Gasteiger partial charge on any atom is 0.0894 e. The van der Waals surface area contributed by atoms with Crippen molar-refractivity contribution in [3.8, 4) is 0 Å². The minimum absolute atomic E-state index is 0.409. The first-order chi connectivity index (χ1) is 6.15. The number of hydrogen-bond donors (Lipinski definition) is 1. The van der Waals surface area contributed by atoms with Gasteiger partial charge in [-0.25, -0.2) is 0 Å². The molecule has 0 aromatic carbocycles. The molecule has 0 spiro atoms. The quantitative estimate of drug-likeness (QED) is 0.498. The van der Waals surface area contributed by atoms with E-state index in [1.165, 1.54) is 5.57 Å². The molecule has 0 rings (SSSR count). The Kier molecular flexibility index (Phi) is 6.38. The van der Waals surface area contributed by atoms with Crippen molar-refractivity contribution in [1.29, 1.82) is 0 Å². The van der Waals surface area contributed by atoms with Gasteiger partial charge in [-0.1, -0.05) is 26.8 Å². The zero-order valence-electron chi connectivity index (χ0n) is 9.30. The molecule has 0 radical (unpaired) electrons. The minimum atomic E-state index is 0.409. The highest BCUT2D eigenvalue weighted by Crippen LogP contribution is 2.21. The third-order valence-electron chi connectivity index (χ3n) is 2.27. The van der Waals surface area contributed by atoms with Crippen molar-refractivity contribution in [1.82, 2.24) is 0 Å². The van der Waals surface area contributed by atoms with Crippen LogP contribution in [0.15, 0.2) is 23.5 Å². The van der Waals surface area contributed by atoms with Gasteiger partial charge >= 0.3 is 0 Å². The van der Waals surface area contributed by atoms with E-state index in [1.54, 1.807) is 6.92 Å². The second-order valence-corrected chi connectivity index (χ2v) is 3.41. The molecule has 0 aliphatic rings. The summed E-state index contributed by atoms with van der Waals surface area (Å²) in [6.07, 6.45) is 7.42. The summed E-state index contributed by atoms with van der Waals surface area (Å²) in [5, 5.41) is 9.21. The fourth-order valence-corrected chi connectivity index (χ4v) is 1.58. The van der Waals surface area contributed by atoms with Gasteiger partial charge in [0, 0.05) is 0 Å². The molecule has 0 fully saturated rings. The van der Waals surface area contributed by atoms with Crippen LogP contribution in [-0.4, -0.2) is 5.11 Å². The molecule has 0 saturated heterocycles. The predicted octanol–water partition coefficient (Wildman–Crippen LogP) is 4.22. The summed E-state index contributed by atoms with van der Waals surface area (Å²) in [6.45, 7) is 8.24. The summed E-state index contributed by atoms with van der Waals surface area (Å²) in [7, 11) is 0. The van der Waals surface area contributed by atoms with Crippen LogP contribution in [0.3, 0.4) is 0 Å². The van der Waals surface area contributed by atoms with Crippen molar-refractivity contribution in [3.05, 3.63) is 23.5 Å². The van der Waals surface area contributed by atoms with E-state index < -0.39 is 0 Å². The van der Waals surface area contributed by atoms with Crippen molar-refractivity contribution in [2.24, 2.45) is 5.92 Å². The number of aliphatic hydroxyl groups excluding tert-OH is 1. The van der Waals surface area contributed by atoms with Crippen LogP contribution >= 0.6 is 0 Å². The van der Waals surface area contributed by atoms with Crippen molar-refractivity contribution < 1.29 is 5.11 Å². The summed E-state index contributed by atoms with van der Waals surface area (Å²) in [5.41, 5.74) is 1.28. The van der Waals surface area contributed by atoms with E-state index in [2.05, 4.69) is 26.8 Å². The summed E-state index contributed by atoms with van der Waals surface area (Å²) >= 11 is 0. The lowest BCUT2D eigenvalue weighted by Crippen LogP contribution is -2.00. The average molecular weight is 182 g/mol. The zero-order chi connectivity index (χ0) is 10.3. The lowest BCUT2D eigenvalue weighted by atomic mass is 9.92. The van der Waals surface area contributed by atoms with E-state index >= 15 is 0 Å². The average Bonchev–Trinajstić information content (AvgIpc) is 2.05. The first-order valence-electron chi connectivity index (χ1n) is 5.22. The third-order valence-corrected chi connectivity index (χ3v) is 2.27. The smallest absolute Gasteiger partial charge is 0.0894 e. The molecule has 0 aromatic heterocycles. The summed E-state index contributed by atoms with van der Waals surface area (Å²) in [6, 6.07) is 0. The van der Waals surface area contributed by atoms with E-state index in [-0.39, 0.29) is 0 Å². The van der Waals surface area contributed by atoms with Crippen LogP contribution in [-0.2, 0) is 0 Å². The molecule has 0 amide bonds.